The minimum absolute atomic E-state index is 0.113. The molecular formula is C14H17N3OS. The van der Waals surface area contributed by atoms with E-state index in [1.807, 2.05) is 43.5 Å². The lowest BCUT2D eigenvalue weighted by molar-refractivity contribution is -0.118. The highest BCUT2D eigenvalue weighted by Gasteiger charge is 2.17. The van der Waals surface area contributed by atoms with Gasteiger partial charge in [0.05, 0.1) is 6.04 Å². The van der Waals surface area contributed by atoms with Crippen LogP contribution in [0.2, 0.25) is 0 Å². The standard InChI is InChI=1S/C14H17N3OS/c1-9(2)12(15)13(18)17-11-5-3-4-10(8-11)14-16-6-7-19-14/h3-9,12H,15H2,1-2H3,(H,17,18)/t12-/m0/s1. The summed E-state index contributed by atoms with van der Waals surface area (Å²) in [5.41, 5.74) is 7.55. The first-order valence-electron chi connectivity index (χ1n) is 6.14. The minimum Gasteiger partial charge on any atom is -0.325 e. The van der Waals surface area contributed by atoms with Crippen molar-refractivity contribution in [3.63, 3.8) is 0 Å². The molecule has 0 radical (unpaired) electrons. The van der Waals surface area contributed by atoms with Crippen molar-refractivity contribution in [3.05, 3.63) is 35.8 Å². The second-order valence-electron chi connectivity index (χ2n) is 4.68. The van der Waals surface area contributed by atoms with Crippen molar-refractivity contribution in [2.75, 3.05) is 5.32 Å². The highest BCUT2D eigenvalue weighted by molar-refractivity contribution is 7.13. The Hall–Kier alpha value is -1.72. The molecule has 1 amide bonds. The monoisotopic (exact) mass is 275 g/mol. The zero-order chi connectivity index (χ0) is 13.8. The first-order chi connectivity index (χ1) is 9.08. The fraction of sp³-hybridized carbons (Fsp3) is 0.286. The third-order valence-corrected chi connectivity index (χ3v) is 3.65. The maximum absolute atomic E-state index is 11.9. The molecule has 0 spiro atoms. The molecular weight excluding hydrogens is 258 g/mol. The molecule has 100 valence electrons. The van der Waals surface area contributed by atoms with Gasteiger partial charge in [-0.25, -0.2) is 4.98 Å². The fourth-order valence-electron chi connectivity index (χ4n) is 1.62. The van der Waals surface area contributed by atoms with Crippen molar-refractivity contribution >= 4 is 22.9 Å². The SMILES string of the molecule is CC(C)[C@H](N)C(=O)Nc1cccc(-c2nccs2)c1. The summed E-state index contributed by atoms with van der Waals surface area (Å²) in [6.45, 7) is 3.85. The smallest absolute Gasteiger partial charge is 0.241 e. The summed E-state index contributed by atoms with van der Waals surface area (Å²) >= 11 is 1.57. The Morgan fingerprint density at radius 2 is 2.21 bits per heavy atom. The minimum atomic E-state index is -0.497. The maximum Gasteiger partial charge on any atom is 0.241 e. The van der Waals surface area contributed by atoms with Gasteiger partial charge in [0.2, 0.25) is 5.91 Å². The number of anilines is 1. The summed E-state index contributed by atoms with van der Waals surface area (Å²) in [6.07, 6.45) is 1.76. The predicted molar refractivity (Wildman–Crippen MR) is 79.0 cm³/mol. The number of carbonyl (C=O) groups is 1. The van der Waals surface area contributed by atoms with Gasteiger partial charge in [0.25, 0.3) is 0 Å². The molecule has 0 aliphatic carbocycles. The van der Waals surface area contributed by atoms with Crippen LogP contribution < -0.4 is 11.1 Å². The average Bonchev–Trinajstić information content (AvgIpc) is 2.91. The van der Waals surface area contributed by atoms with Crippen LogP contribution in [-0.2, 0) is 4.79 Å². The van der Waals surface area contributed by atoms with Crippen LogP contribution in [0.3, 0.4) is 0 Å². The molecule has 0 aliphatic rings. The lowest BCUT2D eigenvalue weighted by atomic mass is 10.0. The highest BCUT2D eigenvalue weighted by atomic mass is 32.1. The third-order valence-electron chi connectivity index (χ3n) is 2.83. The highest BCUT2D eigenvalue weighted by Crippen LogP contribution is 2.24. The van der Waals surface area contributed by atoms with Gasteiger partial charge in [-0.05, 0) is 18.1 Å². The van der Waals surface area contributed by atoms with Crippen molar-refractivity contribution < 1.29 is 4.79 Å². The number of nitrogens with zero attached hydrogens (tertiary/aromatic N) is 1. The van der Waals surface area contributed by atoms with E-state index in [9.17, 15) is 4.79 Å². The van der Waals surface area contributed by atoms with Gasteiger partial charge in [0.15, 0.2) is 0 Å². The molecule has 5 heteroatoms. The topological polar surface area (TPSA) is 68.0 Å². The van der Waals surface area contributed by atoms with E-state index in [1.54, 1.807) is 17.5 Å². The van der Waals surface area contributed by atoms with E-state index in [0.717, 1.165) is 16.3 Å². The van der Waals surface area contributed by atoms with Crippen LogP contribution >= 0.6 is 11.3 Å². The van der Waals surface area contributed by atoms with Gasteiger partial charge >= 0.3 is 0 Å². The number of nitrogens with two attached hydrogens (primary N) is 1. The van der Waals surface area contributed by atoms with Gasteiger partial charge in [0, 0.05) is 22.8 Å². The molecule has 1 aromatic carbocycles. The Balaban J connectivity index is 2.14. The summed E-state index contributed by atoms with van der Waals surface area (Å²) in [5.74, 6) is -0.0477. The van der Waals surface area contributed by atoms with Crippen molar-refractivity contribution in [3.8, 4) is 10.6 Å². The van der Waals surface area contributed by atoms with Crippen molar-refractivity contribution in [1.82, 2.24) is 4.98 Å². The molecule has 19 heavy (non-hydrogen) atoms. The van der Waals surface area contributed by atoms with E-state index in [2.05, 4.69) is 10.3 Å². The summed E-state index contributed by atoms with van der Waals surface area (Å²) < 4.78 is 0. The normalized spacial score (nSPS) is 12.4. The third kappa shape index (κ3) is 3.39. The van der Waals surface area contributed by atoms with Crippen molar-refractivity contribution in [2.45, 2.75) is 19.9 Å². The van der Waals surface area contributed by atoms with Gasteiger partial charge in [-0.2, -0.15) is 0 Å². The number of hydrogen-bond acceptors (Lipinski definition) is 4. The van der Waals surface area contributed by atoms with Crippen LogP contribution in [0.25, 0.3) is 10.6 Å². The number of nitrogens with one attached hydrogen (secondary N) is 1. The van der Waals surface area contributed by atoms with Gasteiger partial charge in [0.1, 0.15) is 5.01 Å². The van der Waals surface area contributed by atoms with E-state index in [0.29, 0.717) is 0 Å². The molecule has 0 aliphatic heterocycles. The van der Waals surface area contributed by atoms with Crippen LogP contribution in [0.4, 0.5) is 5.69 Å². The second-order valence-corrected chi connectivity index (χ2v) is 5.57. The molecule has 0 saturated heterocycles. The Kier molecular flexibility index (Phi) is 4.29. The molecule has 1 heterocycles. The molecule has 0 bridgehead atoms. The van der Waals surface area contributed by atoms with E-state index < -0.39 is 6.04 Å². The first-order valence-corrected chi connectivity index (χ1v) is 7.02. The van der Waals surface area contributed by atoms with Gasteiger partial charge < -0.3 is 11.1 Å². The zero-order valence-corrected chi connectivity index (χ0v) is 11.8. The average molecular weight is 275 g/mol. The van der Waals surface area contributed by atoms with Crippen LogP contribution in [0.5, 0.6) is 0 Å². The summed E-state index contributed by atoms with van der Waals surface area (Å²) in [6, 6.07) is 7.12. The van der Waals surface area contributed by atoms with E-state index in [1.165, 1.54) is 0 Å². The molecule has 3 N–H and O–H groups in total. The number of amides is 1. The second kappa shape index (κ2) is 5.95. The quantitative estimate of drug-likeness (QED) is 0.901. The van der Waals surface area contributed by atoms with Crippen molar-refractivity contribution in [1.29, 1.82) is 0 Å². The number of hydrogen-bond donors (Lipinski definition) is 2. The Labute approximate surface area is 116 Å². The Bertz CT molecular complexity index is 552. The molecule has 4 nitrogen and oxygen atoms in total. The molecule has 0 unspecified atom stereocenters. The van der Waals surface area contributed by atoms with Crippen LogP contribution in [-0.4, -0.2) is 16.9 Å². The number of carbonyl (C=O) groups excluding carboxylic acids is 1. The molecule has 2 aromatic rings. The maximum atomic E-state index is 11.9. The Morgan fingerprint density at radius 1 is 1.42 bits per heavy atom. The molecule has 0 fully saturated rings. The summed E-state index contributed by atoms with van der Waals surface area (Å²) in [7, 11) is 0. The van der Waals surface area contributed by atoms with E-state index in [4.69, 9.17) is 5.73 Å². The molecule has 2 rings (SSSR count). The largest absolute Gasteiger partial charge is 0.325 e. The van der Waals surface area contributed by atoms with Gasteiger partial charge in [-0.1, -0.05) is 26.0 Å². The molecule has 1 aromatic heterocycles. The van der Waals surface area contributed by atoms with Gasteiger partial charge in [-0.15, -0.1) is 11.3 Å². The number of aromatic nitrogens is 1. The Morgan fingerprint density at radius 3 is 2.84 bits per heavy atom. The molecule has 0 saturated carbocycles. The van der Waals surface area contributed by atoms with Crippen molar-refractivity contribution in [2.24, 2.45) is 11.7 Å². The predicted octanol–water partition coefficient (Wildman–Crippen LogP) is 2.73. The van der Waals surface area contributed by atoms with Gasteiger partial charge in [-0.3, -0.25) is 4.79 Å². The number of benzene rings is 1. The first kappa shape index (κ1) is 13.7. The van der Waals surface area contributed by atoms with E-state index in [-0.39, 0.29) is 11.8 Å². The lowest BCUT2D eigenvalue weighted by Crippen LogP contribution is -2.39. The van der Waals surface area contributed by atoms with E-state index >= 15 is 0 Å². The summed E-state index contributed by atoms with van der Waals surface area (Å²) in [5, 5.41) is 5.70. The van der Waals surface area contributed by atoms with Crippen LogP contribution in [0.15, 0.2) is 35.8 Å². The lowest BCUT2D eigenvalue weighted by Gasteiger charge is -2.15. The zero-order valence-electron chi connectivity index (χ0n) is 11.0. The summed E-state index contributed by atoms with van der Waals surface area (Å²) in [4.78, 5) is 16.2. The fourth-order valence-corrected chi connectivity index (χ4v) is 2.26. The van der Waals surface area contributed by atoms with Crippen LogP contribution in [0.1, 0.15) is 13.8 Å². The van der Waals surface area contributed by atoms with Crippen LogP contribution in [0, 0.1) is 5.92 Å². The molecule has 1 atom stereocenters. The number of thiazole rings is 1. The number of rotatable bonds is 4.